The molecule has 0 atom stereocenters. The van der Waals surface area contributed by atoms with E-state index in [0.29, 0.717) is 22.7 Å². The number of rotatable bonds is 2. The van der Waals surface area contributed by atoms with Crippen molar-refractivity contribution in [3.05, 3.63) is 47.5 Å². The van der Waals surface area contributed by atoms with Gasteiger partial charge < -0.3 is 19.7 Å². The number of amides is 2. The van der Waals surface area contributed by atoms with Gasteiger partial charge in [-0.25, -0.2) is 0 Å². The fraction of sp³-hybridized carbons (Fsp3) is 0.263. The van der Waals surface area contributed by atoms with Crippen LogP contribution in [0.1, 0.15) is 29.3 Å². The van der Waals surface area contributed by atoms with Crippen LogP contribution in [0.3, 0.4) is 0 Å². The van der Waals surface area contributed by atoms with Crippen LogP contribution < -0.4 is 19.7 Å². The summed E-state index contributed by atoms with van der Waals surface area (Å²) >= 11 is 0. The van der Waals surface area contributed by atoms with E-state index in [2.05, 4.69) is 5.32 Å². The minimum absolute atomic E-state index is 0.0399. The molecule has 0 unspecified atom stereocenters. The highest BCUT2D eigenvalue weighted by atomic mass is 16.7. The maximum absolute atomic E-state index is 12.5. The fourth-order valence-corrected chi connectivity index (χ4v) is 3.24. The molecule has 6 heteroatoms. The van der Waals surface area contributed by atoms with Crippen LogP contribution in [-0.4, -0.2) is 25.2 Å². The van der Waals surface area contributed by atoms with Crippen molar-refractivity contribution in [1.29, 1.82) is 0 Å². The average Bonchev–Trinajstić information content (AvgIpc) is 3.08. The van der Waals surface area contributed by atoms with Gasteiger partial charge in [0.2, 0.25) is 12.7 Å². The van der Waals surface area contributed by atoms with Crippen molar-refractivity contribution in [2.75, 3.05) is 23.6 Å². The molecule has 2 aromatic rings. The van der Waals surface area contributed by atoms with Gasteiger partial charge in [0, 0.05) is 30.4 Å². The molecule has 2 heterocycles. The summed E-state index contributed by atoms with van der Waals surface area (Å²) in [6, 6.07) is 10.8. The zero-order chi connectivity index (χ0) is 17.4. The Morgan fingerprint density at radius 3 is 2.76 bits per heavy atom. The van der Waals surface area contributed by atoms with E-state index in [-0.39, 0.29) is 18.6 Å². The molecule has 0 fully saturated rings. The van der Waals surface area contributed by atoms with E-state index in [1.165, 1.54) is 0 Å². The summed E-state index contributed by atoms with van der Waals surface area (Å²) < 4.78 is 10.6. The Kier molecular flexibility index (Phi) is 3.80. The van der Waals surface area contributed by atoms with Gasteiger partial charge in [0.05, 0.1) is 0 Å². The van der Waals surface area contributed by atoms with Gasteiger partial charge in [-0.2, -0.15) is 0 Å². The number of carbonyl (C=O) groups is 2. The standard InChI is InChI=1S/C19H18N2O4/c1-12(22)21-8-2-3-13-9-15(5-6-16(13)21)20-19(23)14-4-7-17-18(10-14)25-11-24-17/h4-7,9-10H,2-3,8,11H2,1H3,(H,20,23). The van der Waals surface area contributed by atoms with Crippen LogP contribution in [0.15, 0.2) is 36.4 Å². The van der Waals surface area contributed by atoms with Crippen molar-refractivity contribution in [2.45, 2.75) is 19.8 Å². The topological polar surface area (TPSA) is 67.9 Å². The first-order valence-corrected chi connectivity index (χ1v) is 8.24. The highest BCUT2D eigenvalue weighted by molar-refractivity contribution is 6.05. The summed E-state index contributed by atoms with van der Waals surface area (Å²) in [5.74, 6) is 1.06. The van der Waals surface area contributed by atoms with Crippen LogP contribution in [0.25, 0.3) is 0 Å². The van der Waals surface area contributed by atoms with Gasteiger partial charge >= 0.3 is 0 Å². The lowest BCUT2D eigenvalue weighted by atomic mass is 10.0. The first-order chi connectivity index (χ1) is 12.1. The van der Waals surface area contributed by atoms with Crippen molar-refractivity contribution in [2.24, 2.45) is 0 Å². The molecule has 2 aliphatic heterocycles. The van der Waals surface area contributed by atoms with E-state index >= 15 is 0 Å². The van der Waals surface area contributed by atoms with Gasteiger partial charge in [0.25, 0.3) is 5.91 Å². The first kappa shape index (κ1) is 15.5. The smallest absolute Gasteiger partial charge is 0.255 e. The fourth-order valence-electron chi connectivity index (χ4n) is 3.24. The van der Waals surface area contributed by atoms with E-state index in [1.54, 1.807) is 30.0 Å². The van der Waals surface area contributed by atoms with Gasteiger partial charge in [0.15, 0.2) is 11.5 Å². The maximum Gasteiger partial charge on any atom is 0.255 e. The largest absolute Gasteiger partial charge is 0.454 e. The van der Waals surface area contributed by atoms with Gasteiger partial charge in [-0.05, 0) is 54.8 Å². The predicted molar refractivity (Wildman–Crippen MR) is 93.3 cm³/mol. The number of fused-ring (bicyclic) bond motifs is 2. The normalized spacial score (nSPS) is 14.8. The summed E-state index contributed by atoms with van der Waals surface area (Å²) in [7, 11) is 0. The Morgan fingerprint density at radius 1 is 1.08 bits per heavy atom. The molecule has 0 aromatic heterocycles. The van der Waals surface area contributed by atoms with Gasteiger partial charge in [-0.15, -0.1) is 0 Å². The molecule has 128 valence electrons. The molecule has 1 N–H and O–H groups in total. The number of benzene rings is 2. The molecule has 25 heavy (non-hydrogen) atoms. The lowest BCUT2D eigenvalue weighted by Crippen LogP contribution is -2.33. The third kappa shape index (κ3) is 2.91. The van der Waals surface area contributed by atoms with Crippen molar-refractivity contribution in [1.82, 2.24) is 0 Å². The summed E-state index contributed by atoms with van der Waals surface area (Å²) in [6.07, 6.45) is 1.82. The first-order valence-electron chi connectivity index (χ1n) is 8.24. The Balaban J connectivity index is 1.55. The zero-order valence-electron chi connectivity index (χ0n) is 13.9. The quantitative estimate of drug-likeness (QED) is 0.914. The van der Waals surface area contributed by atoms with Crippen molar-refractivity contribution in [3.63, 3.8) is 0 Å². The second kappa shape index (κ2) is 6.12. The molecule has 6 nitrogen and oxygen atoms in total. The molecule has 0 bridgehead atoms. The molecule has 2 aliphatic rings. The lowest BCUT2D eigenvalue weighted by Gasteiger charge is -2.29. The third-order valence-electron chi connectivity index (χ3n) is 4.47. The Morgan fingerprint density at radius 2 is 1.92 bits per heavy atom. The molecule has 2 aromatic carbocycles. The second-order valence-electron chi connectivity index (χ2n) is 6.14. The molecular weight excluding hydrogens is 320 g/mol. The molecule has 0 saturated heterocycles. The third-order valence-corrected chi connectivity index (χ3v) is 4.47. The Labute approximate surface area is 145 Å². The predicted octanol–water partition coefficient (Wildman–Crippen LogP) is 2.97. The average molecular weight is 338 g/mol. The highest BCUT2D eigenvalue weighted by Gasteiger charge is 2.21. The van der Waals surface area contributed by atoms with Crippen LogP contribution in [0.2, 0.25) is 0 Å². The van der Waals surface area contributed by atoms with Crippen molar-refractivity contribution < 1.29 is 19.1 Å². The number of hydrogen-bond donors (Lipinski definition) is 1. The molecule has 0 aliphatic carbocycles. The monoisotopic (exact) mass is 338 g/mol. The molecule has 2 amide bonds. The Hall–Kier alpha value is -3.02. The van der Waals surface area contributed by atoms with Crippen LogP contribution in [0, 0.1) is 0 Å². The molecule has 0 saturated carbocycles. The molecule has 0 radical (unpaired) electrons. The SMILES string of the molecule is CC(=O)N1CCCc2cc(NC(=O)c3ccc4c(c3)OCO4)ccc21. The van der Waals surface area contributed by atoms with E-state index in [9.17, 15) is 9.59 Å². The highest BCUT2D eigenvalue weighted by Crippen LogP contribution is 2.33. The number of anilines is 2. The number of carbonyl (C=O) groups excluding carboxylic acids is 2. The van der Waals surface area contributed by atoms with E-state index < -0.39 is 0 Å². The van der Waals surface area contributed by atoms with Gasteiger partial charge in [-0.3, -0.25) is 9.59 Å². The van der Waals surface area contributed by atoms with E-state index in [4.69, 9.17) is 9.47 Å². The van der Waals surface area contributed by atoms with Crippen LogP contribution in [0.5, 0.6) is 11.5 Å². The summed E-state index contributed by atoms with van der Waals surface area (Å²) in [5, 5.41) is 2.90. The lowest BCUT2D eigenvalue weighted by molar-refractivity contribution is -0.116. The minimum atomic E-state index is -0.211. The van der Waals surface area contributed by atoms with Crippen LogP contribution >= 0.6 is 0 Å². The van der Waals surface area contributed by atoms with Crippen molar-refractivity contribution in [3.8, 4) is 11.5 Å². The van der Waals surface area contributed by atoms with Crippen LogP contribution in [0.4, 0.5) is 11.4 Å². The van der Waals surface area contributed by atoms with E-state index in [0.717, 1.165) is 30.6 Å². The summed E-state index contributed by atoms with van der Waals surface area (Å²) in [6.45, 7) is 2.49. The Bertz CT molecular complexity index is 862. The van der Waals surface area contributed by atoms with Gasteiger partial charge in [-0.1, -0.05) is 0 Å². The number of nitrogens with zero attached hydrogens (tertiary/aromatic N) is 1. The second-order valence-corrected chi connectivity index (χ2v) is 6.14. The number of nitrogens with one attached hydrogen (secondary N) is 1. The maximum atomic E-state index is 12.5. The minimum Gasteiger partial charge on any atom is -0.454 e. The number of hydrogen-bond acceptors (Lipinski definition) is 4. The summed E-state index contributed by atoms with van der Waals surface area (Å²) in [5.41, 5.74) is 3.23. The molecular formula is C19H18N2O4. The van der Waals surface area contributed by atoms with Crippen molar-refractivity contribution >= 4 is 23.2 Å². The number of ether oxygens (including phenoxy) is 2. The molecule has 0 spiro atoms. The summed E-state index contributed by atoms with van der Waals surface area (Å²) in [4.78, 5) is 26.0. The van der Waals surface area contributed by atoms with E-state index in [1.807, 2.05) is 18.2 Å². The van der Waals surface area contributed by atoms with Crippen LogP contribution in [-0.2, 0) is 11.2 Å². The van der Waals surface area contributed by atoms with Gasteiger partial charge in [0.1, 0.15) is 0 Å². The number of aryl methyl sites for hydroxylation is 1. The molecule has 4 rings (SSSR count). The zero-order valence-corrected chi connectivity index (χ0v) is 13.9.